The van der Waals surface area contributed by atoms with Crippen molar-refractivity contribution < 1.29 is 42.6 Å². The number of phosphoric ester groups is 1. The molecule has 324 valence electrons. The molecule has 5 rings (SSSR count). The van der Waals surface area contributed by atoms with Crippen LogP contribution in [0.4, 0.5) is 10.2 Å². The van der Waals surface area contributed by atoms with Gasteiger partial charge in [-0.1, -0.05) is 103 Å². The molecular weight excluding hydrogens is 780 g/mol. The van der Waals surface area contributed by atoms with E-state index in [1.807, 2.05) is 12.1 Å². The van der Waals surface area contributed by atoms with Gasteiger partial charge >= 0.3 is 7.82 Å². The molecule has 1 saturated heterocycles. The van der Waals surface area contributed by atoms with E-state index in [9.17, 15) is 34.6 Å². The molecule has 5 N–H and O–H groups in total. The number of phosphoric acid groups is 1. The Hall–Kier alpha value is -3.54. The summed E-state index contributed by atoms with van der Waals surface area (Å²) in [7, 11) is -3.18. The smallest absolute Gasteiger partial charge is 0.385 e. The summed E-state index contributed by atoms with van der Waals surface area (Å²) in [6, 6.07) is 10.3. The lowest BCUT2D eigenvalue weighted by Gasteiger charge is -2.30. The van der Waals surface area contributed by atoms with Gasteiger partial charge in [0.25, 0.3) is 0 Å². The largest absolute Gasteiger partial charge is 0.472 e. The second-order valence-electron chi connectivity index (χ2n) is 16.0. The van der Waals surface area contributed by atoms with Crippen molar-refractivity contribution in [2.24, 2.45) is 0 Å². The first-order valence-electron chi connectivity index (χ1n) is 21.1. The predicted octanol–water partition coefficient (Wildman–Crippen LogP) is 6.83. The van der Waals surface area contributed by atoms with Crippen LogP contribution in [0.2, 0.25) is 0 Å². The number of hydrogen-bond acceptors (Lipinski definition) is 13. The van der Waals surface area contributed by atoms with Crippen LogP contribution in [-0.4, -0.2) is 91.4 Å². The van der Waals surface area contributed by atoms with Crippen LogP contribution in [0, 0.1) is 28.5 Å². The first-order chi connectivity index (χ1) is 28.4. The van der Waals surface area contributed by atoms with E-state index in [0.29, 0.717) is 17.7 Å². The Balaban J connectivity index is 1.07. The van der Waals surface area contributed by atoms with Crippen molar-refractivity contribution in [1.29, 1.82) is 10.5 Å². The zero-order chi connectivity index (χ0) is 42.5. The number of unbranched alkanes of at least 4 members (excludes halogenated alkanes) is 15. The van der Waals surface area contributed by atoms with E-state index >= 15 is 0 Å². The Labute approximate surface area is 346 Å². The summed E-state index contributed by atoms with van der Waals surface area (Å²) in [5.41, 5.74) is 2.69. The molecular formula is C42H61FN7O8P. The molecule has 17 heteroatoms. The van der Waals surface area contributed by atoms with Crippen molar-refractivity contribution >= 4 is 19.2 Å². The quantitative estimate of drug-likeness (QED) is 0.0435. The average Bonchev–Trinajstić information content (AvgIpc) is 3.44. The summed E-state index contributed by atoms with van der Waals surface area (Å²) < 4.78 is 51.4. The zero-order valence-electron chi connectivity index (χ0n) is 34.4. The second-order valence-corrected chi connectivity index (χ2v) is 17.4. The number of nitrogen functional groups attached to an aromatic ring is 1. The van der Waals surface area contributed by atoms with Gasteiger partial charge in [0, 0.05) is 13.2 Å². The average molecular weight is 842 g/mol. The van der Waals surface area contributed by atoms with Crippen LogP contribution < -0.4 is 5.73 Å². The molecule has 59 heavy (non-hydrogen) atoms. The standard InChI is InChI=1S/C42H61FN7O8P/c1-3-4-5-6-7-8-9-10-11-12-13-14-15-16-17-18-21-55-27-34(49(2)26-32-22-31(25-44)23-33(43)24-32)28-56-59(53,54)58-38-37-42(38,52)40(51)41(29-45,57-37)36-20-19-35-39(46)47-30-48-50(35)36/h19-20,22-24,30,34,37-38,40,51-52H,3-18,21,26-28H2,1-2H3,(H,53,54)(H2,46,47,48). The highest BCUT2D eigenvalue weighted by Gasteiger charge is 2.83. The molecule has 3 heterocycles. The van der Waals surface area contributed by atoms with E-state index in [1.54, 1.807) is 18.0 Å². The van der Waals surface area contributed by atoms with Gasteiger partial charge in [0.2, 0.25) is 5.60 Å². The van der Waals surface area contributed by atoms with Crippen LogP contribution >= 0.6 is 7.82 Å². The highest BCUT2D eigenvalue weighted by atomic mass is 31.2. The normalized spacial score (nSPS) is 23.8. The third-order valence-corrected chi connectivity index (χ3v) is 12.5. The van der Waals surface area contributed by atoms with Crippen molar-refractivity contribution in [3.63, 3.8) is 0 Å². The van der Waals surface area contributed by atoms with E-state index in [1.165, 1.54) is 106 Å². The molecule has 1 aromatic carbocycles. The molecule has 15 nitrogen and oxygen atoms in total. The maximum absolute atomic E-state index is 14.2. The van der Waals surface area contributed by atoms with Gasteiger partial charge in [-0.05, 0) is 49.4 Å². The van der Waals surface area contributed by atoms with E-state index in [0.717, 1.165) is 31.7 Å². The molecule has 1 aliphatic carbocycles. The van der Waals surface area contributed by atoms with E-state index in [2.05, 4.69) is 17.0 Å². The van der Waals surface area contributed by atoms with Gasteiger partial charge in [-0.2, -0.15) is 15.6 Å². The molecule has 0 radical (unpaired) electrons. The minimum absolute atomic E-state index is 0.0741. The SMILES string of the molecule is CCCCCCCCCCCCCCCCCCOCC(COP(=O)(O)OC1C2OC(C#N)(c3ccc4c(N)ncnn34)C(O)C21O)N(C)Cc1cc(F)cc(C#N)c1. The van der Waals surface area contributed by atoms with Crippen LogP contribution in [0.15, 0.2) is 36.7 Å². The summed E-state index contributed by atoms with van der Waals surface area (Å²) in [5.74, 6) is -0.443. The minimum atomic E-state index is -4.90. The van der Waals surface area contributed by atoms with E-state index in [-0.39, 0.29) is 36.8 Å². The Bertz CT molecular complexity index is 1940. The van der Waals surface area contributed by atoms with Crippen molar-refractivity contribution in [1.82, 2.24) is 19.5 Å². The van der Waals surface area contributed by atoms with Gasteiger partial charge in [0.1, 0.15) is 42.0 Å². The lowest BCUT2D eigenvalue weighted by molar-refractivity contribution is -0.106. The Kier molecular flexibility index (Phi) is 17.2. The highest BCUT2D eigenvalue weighted by Crippen LogP contribution is 2.63. The van der Waals surface area contributed by atoms with Gasteiger partial charge in [-0.3, -0.25) is 13.9 Å². The number of ether oxygens (including phenoxy) is 2. The molecule has 1 saturated carbocycles. The van der Waals surface area contributed by atoms with Gasteiger partial charge in [0.05, 0.1) is 36.6 Å². The molecule has 2 aromatic heterocycles. The predicted molar refractivity (Wildman–Crippen MR) is 218 cm³/mol. The number of aliphatic hydroxyl groups excluding tert-OH is 1. The lowest BCUT2D eigenvalue weighted by atomic mass is 9.90. The molecule has 2 fully saturated rings. The van der Waals surface area contributed by atoms with Gasteiger partial charge in [0.15, 0.2) is 11.4 Å². The molecule has 0 amide bonds. The Morgan fingerprint density at radius 3 is 2.20 bits per heavy atom. The lowest BCUT2D eigenvalue weighted by Crippen LogP contribution is -2.47. The molecule has 7 unspecified atom stereocenters. The molecule has 7 atom stereocenters. The van der Waals surface area contributed by atoms with Gasteiger partial charge < -0.3 is 30.3 Å². The van der Waals surface area contributed by atoms with Crippen LogP contribution in [0.3, 0.4) is 0 Å². The van der Waals surface area contributed by atoms with Crippen LogP contribution in [0.1, 0.15) is 126 Å². The maximum Gasteiger partial charge on any atom is 0.472 e. The van der Waals surface area contributed by atoms with Crippen molar-refractivity contribution in [2.45, 2.75) is 152 Å². The first-order valence-corrected chi connectivity index (χ1v) is 22.6. The first kappa shape index (κ1) is 46.5. The third kappa shape index (κ3) is 11.9. The monoisotopic (exact) mass is 841 g/mol. The number of aliphatic hydroxyl groups is 2. The summed E-state index contributed by atoms with van der Waals surface area (Å²) in [5, 5.41) is 46.3. The number of nitriles is 2. The molecule has 0 spiro atoms. The number of nitrogens with two attached hydrogens (primary N) is 1. The summed E-state index contributed by atoms with van der Waals surface area (Å²) >= 11 is 0. The van der Waals surface area contributed by atoms with Crippen molar-refractivity contribution in [2.75, 3.05) is 32.6 Å². The molecule has 3 aromatic rings. The number of halogens is 1. The van der Waals surface area contributed by atoms with E-state index in [4.69, 9.17) is 24.3 Å². The Morgan fingerprint density at radius 2 is 1.63 bits per heavy atom. The third-order valence-electron chi connectivity index (χ3n) is 11.5. The van der Waals surface area contributed by atoms with Gasteiger partial charge in [-0.25, -0.2) is 18.5 Å². The molecule has 2 aliphatic rings. The number of anilines is 1. The fraction of sp³-hybridized carbons (Fsp3) is 0.667. The van der Waals surface area contributed by atoms with Crippen LogP contribution in [-0.2, 0) is 35.2 Å². The zero-order valence-corrected chi connectivity index (χ0v) is 35.3. The summed E-state index contributed by atoms with van der Waals surface area (Å²) in [4.78, 5) is 16.5. The fourth-order valence-corrected chi connectivity index (χ4v) is 8.95. The van der Waals surface area contributed by atoms with Crippen LogP contribution in [0.5, 0.6) is 0 Å². The number of aromatic nitrogens is 3. The number of hydrogen-bond donors (Lipinski definition) is 4. The number of nitrogens with zero attached hydrogens (tertiary/aromatic N) is 6. The maximum atomic E-state index is 14.2. The summed E-state index contributed by atoms with van der Waals surface area (Å²) in [6.07, 6.45) is 16.5. The van der Waals surface area contributed by atoms with Crippen LogP contribution in [0.25, 0.3) is 5.52 Å². The summed E-state index contributed by atoms with van der Waals surface area (Å²) in [6.45, 7) is 2.64. The minimum Gasteiger partial charge on any atom is -0.385 e. The van der Waals surface area contributed by atoms with Crippen molar-refractivity contribution in [3.05, 3.63) is 59.3 Å². The fourth-order valence-electron chi connectivity index (χ4n) is 7.96. The topological polar surface area (TPSA) is 222 Å². The van der Waals surface area contributed by atoms with Crippen molar-refractivity contribution in [3.8, 4) is 12.1 Å². The Morgan fingerprint density at radius 1 is 1.00 bits per heavy atom. The number of fused-ring (bicyclic) bond motifs is 2. The molecule has 1 aliphatic heterocycles. The molecule has 0 bridgehead atoms. The number of rotatable bonds is 28. The highest BCUT2D eigenvalue weighted by molar-refractivity contribution is 7.47. The number of benzene rings is 1. The second kappa shape index (κ2) is 21.8. The van der Waals surface area contributed by atoms with E-state index < -0.39 is 49.2 Å². The van der Waals surface area contributed by atoms with Gasteiger partial charge in [-0.15, -0.1) is 0 Å². The number of likely N-dealkylation sites (N-methyl/N-ethyl adjacent to an activating group) is 1.